The molecule has 3 rings (SSSR count). The van der Waals surface area contributed by atoms with E-state index in [9.17, 15) is 18.0 Å². The number of halogens is 3. The third kappa shape index (κ3) is 3.70. The zero-order valence-corrected chi connectivity index (χ0v) is 15.2. The van der Waals surface area contributed by atoms with Crippen LogP contribution in [-0.4, -0.2) is 14.5 Å². The first-order chi connectivity index (χ1) is 12.1. The maximum Gasteiger partial charge on any atom is 0.425 e. The van der Waals surface area contributed by atoms with Crippen molar-refractivity contribution in [1.82, 2.24) is 14.5 Å². The second-order valence-corrected chi connectivity index (χ2v) is 7.30. The minimum atomic E-state index is -4.38. The Labute approximate surface area is 152 Å². The second kappa shape index (κ2) is 6.68. The number of aromatic nitrogens is 3. The topological polar surface area (TPSA) is 47.8 Å². The molecule has 0 unspecified atom stereocenters. The molecule has 0 bridgehead atoms. The van der Waals surface area contributed by atoms with Gasteiger partial charge in [-0.3, -0.25) is 4.57 Å². The van der Waals surface area contributed by atoms with Gasteiger partial charge in [-0.1, -0.05) is 17.7 Å². The molecule has 0 aliphatic rings. The quantitative estimate of drug-likeness (QED) is 0.679. The van der Waals surface area contributed by atoms with Gasteiger partial charge in [0.05, 0.1) is 6.54 Å². The molecule has 0 saturated heterocycles. The van der Waals surface area contributed by atoms with Crippen LogP contribution < -0.4 is 5.69 Å². The van der Waals surface area contributed by atoms with Crippen LogP contribution in [0.4, 0.5) is 13.2 Å². The predicted molar refractivity (Wildman–Crippen MR) is 94.4 cm³/mol. The molecule has 0 radical (unpaired) electrons. The van der Waals surface area contributed by atoms with Crippen LogP contribution in [0.5, 0.6) is 0 Å². The van der Waals surface area contributed by atoms with Crippen molar-refractivity contribution in [3.05, 3.63) is 67.5 Å². The van der Waals surface area contributed by atoms with Crippen molar-refractivity contribution in [1.29, 1.82) is 0 Å². The Morgan fingerprint density at radius 3 is 2.31 bits per heavy atom. The SMILES string of the molecule is Cc1cc(C)c(-c2ncn(Cc3ccc(C(F)(F)F)s3)c(=O)n2)c(C)c1. The van der Waals surface area contributed by atoms with E-state index in [1.54, 1.807) is 0 Å². The highest BCUT2D eigenvalue weighted by molar-refractivity contribution is 7.12. The first-order valence-corrected chi connectivity index (χ1v) is 8.64. The Morgan fingerprint density at radius 2 is 1.77 bits per heavy atom. The number of hydrogen-bond acceptors (Lipinski definition) is 4. The zero-order chi connectivity index (χ0) is 19.1. The van der Waals surface area contributed by atoms with Gasteiger partial charge in [0, 0.05) is 10.4 Å². The predicted octanol–water partition coefficient (Wildman–Crippen LogP) is 4.36. The van der Waals surface area contributed by atoms with Crippen molar-refractivity contribution in [2.24, 2.45) is 0 Å². The van der Waals surface area contributed by atoms with Gasteiger partial charge in [-0.2, -0.15) is 18.2 Å². The Kier molecular flexibility index (Phi) is 4.70. The summed E-state index contributed by atoms with van der Waals surface area (Å²) in [7, 11) is 0. The van der Waals surface area contributed by atoms with Crippen LogP contribution in [0.1, 0.15) is 26.4 Å². The fourth-order valence-corrected chi connectivity index (χ4v) is 3.78. The van der Waals surface area contributed by atoms with E-state index in [-0.39, 0.29) is 6.54 Å². The lowest BCUT2D eigenvalue weighted by Gasteiger charge is -2.10. The first kappa shape index (κ1) is 18.3. The van der Waals surface area contributed by atoms with Gasteiger partial charge in [0.1, 0.15) is 11.2 Å². The van der Waals surface area contributed by atoms with Gasteiger partial charge in [0.2, 0.25) is 0 Å². The first-order valence-electron chi connectivity index (χ1n) is 7.83. The monoisotopic (exact) mass is 379 g/mol. The van der Waals surface area contributed by atoms with E-state index in [1.807, 2.05) is 32.9 Å². The van der Waals surface area contributed by atoms with Crippen molar-refractivity contribution in [2.75, 3.05) is 0 Å². The molecule has 0 amide bonds. The van der Waals surface area contributed by atoms with Crippen molar-refractivity contribution in [3.63, 3.8) is 0 Å². The van der Waals surface area contributed by atoms with E-state index >= 15 is 0 Å². The molecule has 2 heterocycles. The van der Waals surface area contributed by atoms with Gasteiger partial charge in [0.25, 0.3) is 0 Å². The summed E-state index contributed by atoms with van der Waals surface area (Å²) in [6.45, 7) is 5.84. The number of aryl methyl sites for hydroxylation is 3. The summed E-state index contributed by atoms with van der Waals surface area (Å²) in [5.74, 6) is 0.323. The number of alkyl halides is 3. The maximum atomic E-state index is 12.7. The van der Waals surface area contributed by atoms with Crippen LogP contribution in [0.25, 0.3) is 11.4 Å². The highest BCUT2D eigenvalue weighted by Gasteiger charge is 2.32. The molecular weight excluding hydrogens is 363 g/mol. The lowest BCUT2D eigenvalue weighted by atomic mass is 9.99. The molecule has 136 valence electrons. The largest absolute Gasteiger partial charge is 0.425 e. The maximum absolute atomic E-state index is 12.7. The summed E-state index contributed by atoms with van der Waals surface area (Å²) in [6.07, 6.45) is -3.05. The number of hydrogen-bond donors (Lipinski definition) is 0. The van der Waals surface area contributed by atoms with Gasteiger partial charge in [-0.15, -0.1) is 11.3 Å². The van der Waals surface area contributed by atoms with Gasteiger partial charge in [0.15, 0.2) is 5.82 Å². The van der Waals surface area contributed by atoms with Crippen molar-refractivity contribution < 1.29 is 13.2 Å². The van der Waals surface area contributed by atoms with Gasteiger partial charge in [-0.05, 0) is 44.0 Å². The van der Waals surface area contributed by atoms with Crippen LogP contribution in [0.15, 0.2) is 35.4 Å². The van der Waals surface area contributed by atoms with E-state index < -0.39 is 16.7 Å². The Hall–Kier alpha value is -2.48. The second-order valence-electron chi connectivity index (χ2n) is 6.13. The molecule has 0 N–H and O–H groups in total. The van der Waals surface area contributed by atoms with E-state index in [1.165, 1.54) is 17.0 Å². The van der Waals surface area contributed by atoms with Crippen LogP contribution in [0, 0.1) is 20.8 Å². The molecule has 0 saturated carbocycles. The van der Waals surface area contributed by atoms with E-state index in [4.69, 9.17) is 0 Å². The molecule has 26 heavy (non-hydrogen) atoms. The summed E-state index contributed by atoms with van der Waals surface area (Å²) < 4.78 is 39.2. The van der Waals surface area contributed by atoms with Gasteiger partial charge in [-0.25, -0.2) is 9.78 Å². The molecule has 2 aromatic heterocycles. The fourth-order valence-electron chi connectivity index (χ4n) is 2.90. The van der Waals surface area contributed by atoms with Crippen molar-refractivity contribution >= 4 is 11.3 Å². The average molecular weight is 379 g/mol. The molecule has 0 aliphatic heterocycles. The minimum absolute atomic E-state index is 0.00568. The number of benzene rings is 1. The Balaban J connectivity index is 1.92. The smallest absolute Gasteiger partial charge is 0.277 e. The number of rotatable bonds is 3. The van der Waals surface area contributed by atoms with Crippen LogP contribution >= 0.6 is 11.3 Å². The molecule has 1 aromatic carbocycles. The fraction of sp³-hybridized carbons (Fsp3) is 0.278. The van der Waals surface area contributed by atoms with Crippen LogP contribution in [0.2, 0.25) is 0 Å². The highest BCUT2D eigenvalue weighted by Crippen LogP contribution is 2.34. The Morgan fingerprint density at radius 1 is 1.12 bits per heavy atom. The van der Waals surface area contributed by atoms with Gasteiger partial charge >= 0.3 is 11.9 Å². The summed E-state index contributed by atoms with van der Waals surface area (Å²) in [6, 6.07) is 6.35. The summed E-state index contributed by atoms with van der Waals surface area (Å²) >= 11 is 0.610. The highest BCUT2D eigenvalue weighted by atomic mass is 32.1. The third-order valence-electron chi connectivity index (χ3n) is 3.93. The van der Waals surface area contributed by atoms with Crippen molar-refractivity contribution in [3.8, 4) is 11.4 Å². The molecule has 0 spiro atoms. The molecule has 3 aromatic rings. The van der Waals surface area contributed by atoms with E-state index in [2.05, 4.69) is 9.97 Å². The molecule has 0 aliphatic carbocycles. The molecule has 0 fully saturated rings. The lowest BCUT2D eigenvalue weighted by Crippen LogP contribution is -2.24. The van der Waals surface area contributed by atoms with Gasteiger partial charge < -0.3 is 0 Å². The summed E-state index contributed by atoms with van der Waals surface area (Å²) in [4.78, 5) is 20.3. The Bertz CT molecular complexity index is 998. The average Bonchev–Trinajstić information content (AvgIpc) is 2.97. The van der Waals surface area contributed by atoms with E-state index in [0.717, 1.165) is 28.3 Å². The molecule has 4 nitrogen and oxygen atoms in total. The number of nitrogens with zero attached hydrogens (tertiary/aromatic N) is 3. The standard InChI is InChI=1S/C18H16F3N3OS/c1-10-6-11(2)15(12(3)7-10)16-22-9-24(17(25)23-16)8-13-4-5-14(26-13)18(19,20)21/h4-7,9H,8H2,1-3H3. The minimum Gasteiger partial charge on any atom is -0.277 e. The summed E-state index contributed by atoms with van der Waals surface area (Å²) in [5, 5.41) is 0. The van der Waals surface area contributed by atoms with E-state index in [0.29, 0.717) is 22.0 Å². The molecule has 8 heteroatoms. The zero-order valence-electron chi connectivity index (χ0n) is 14.4. The normalized spacial score (nSPS) is 11.8. The lowest BCUT2D eigenvalue weighted by molar-refractivity contribution is -0.134. The number of thiophene rings is 1. The summed E-state index contributed by atoms with van der Waals surface area (Å²) in [5.41, 5.74) is 3.29. The molecular formula is C18H16F3N3OS. The van der Waals surface area contributed by atoms with Crippen LogP contribution in [-0.2, 0) is 12.7 Å². The van der Waals surface area contributed by atoms with Crippen molar-refractivity contribution in [2.45, 2.75) is 33.5 Å². The third-order valence-corrected chi connectivity index (χ3v) is 5.05. The molecule has 0 atom stereocenters. The van der Waals surface area contributed by atoms with Crippen LogP contribution in [0.3, 0.4) is 0 Å².